The molecule has 0 heterocycles. The van der Waals surface area contributed by atoms with Gasteiger partial charge in [0, 0.05) is 17.6 Å². The molecule has 0 aliphatic heterocycles. The fourth-order valence-corrected chi connectivity index (χ4v) is 1.98. The van der Waals surface area contributed by atoms with Crippen LogP contribution in [0.1, 0.15) is 12.5 Å². The van der Waals surface area contributed by atoms with Gasteiger partial charge in [-0.25, -0.2) is 0 Å². The van der Waals surface area contributed by atoms with Crippen LogP contribution in [0.3, 0.4) is 0 Å². The second-order valence-corrected chi connectivity index (χ2v) is 4.93. The Balaban J connectivity index is 2.25. The Hall–Kier alpha value is -0.570. The molecule has 1 aromatic carbocycles. The number of benzene rings is 1. The van der Waals surface area contributed by atoms with Crippen molar-refractivity contribution in [1.82, 2.24) is 10.2 Å². The maximum absolute atomic E-state index is 5.93. The third-order valence-electron chi connectivity index (χ3n) is 2.43. The van der Waals surface area contributed by atoms with Gasteiger partial charge in [-0.3, -0.25) is 0 Å². The fourth-order valence-electron chi connectivity index (χ4n) is 1.77. The van der Waals surface area contributed by atoms with Crippen molar-refractivity contribution >= 4 is 11.6 Å². The molecule has 1 atom stereocenters. The molecule has 0 fully saturated rings. The van der Waals surface area contributed by atoms with E-state index < -0.39 is 0 Å². The van der Waals surface area contributed by atoms with E-state index in [2.05, 4.69) is 37.3 Å². The molecular weight excluding hydrogens is 220 g/mol. The molecule has 3 heteroatoms. The fraction of sp³-hybridized carbons (Fsp3) is 0.538. The number of hydrogen-bond acceptors (Lipinski definition) is 2. The molecule has 0 spiro atoms. The molecule has 0 saturated heterocycles. The van der Waals surface area contributed by atoms with Crippen molar-refractivity contribution < 1.29 is 0 Å². The van der Waals surface area contributed by atoms with Crippen LogP contribution in [0, 0.1) is 0 Å². The zero-order valence-corrected chi connectivity index (χ0v) is 11.1. The molecule has 0 saturated carbocycles. The van der Waals surface area contributed by atoms with Gasteiger partial charge >= 0.3 is 0 Å². The van der Waals surface area contributed by atoms with Crippen LogP contribution in [-0.4, -0.2) is 38.1 Å². The summed E-state index contributed by atoms with van der Waals surface area (Å²) in [5, 5.41) is 4.32. The molecule has 1 unspecified atom stereocenters. The first-order valence-corrected chi connectivity index (χ1v) is 6.08. The number of likely N-dealkylation sites (N-methyl/N-ethyl adjacent to an activating group) is 1. The lowest BCUT2D eigenvalue weighted by atomic mass is 10.1. The molecule has 1 aromatic rings. The van der Waals surface area contributed by atoms with E-state index in [-0.39, 0.29) is 0 Å². The van der Waals surface area contributed by atoms with E-state index in [0.29, 0.717) is 6.04 Å². The Morgan fingerprint density at radius 1 is 1.38 bits per heavy atom. The molecule has 0 radical (unpaired) electrons. The first-order chi connectivity index (χ1) is 7.58. The topological polar surface area (TPSA) is 15.3 Å². The first-order valence-electron chi connectivity index (χ1n) is 5.70. The SMILES string of the molecule is CC(CN(C)C)NCCc1cccc(Cl)c1. The summed E-state index contributed by atoms with van der Waals surface area (Å²) in [6.07, 6.45) is 1.03. The lowest BCUT2D eigenvalue weighted by Gasteiger charge is -2.18. The van der Waals surface area contributed by atoms with Crippen molar-refractivity contribution in [2.75, 3.05) is 27.2 Å². The highest BCUT2D eigenvalue weighted by Crippen LogP contribution is 2.10. The van der Waals surface area contributed by atoms with Gasteiger partial charge < -0.3 is 10.2 Å². The predicted octanol–water partition coefficient (Wildman–Crippen LogP) is 2.42. The van der Waals surface area contributed by atoms with Crippen LogP contribution in [-0.2, 0) is 6.42 Å². The first kappa shape index (κ1) is 13.5. The van der Waals surface area contributed by atoms with Crippen LogP contribution in [0.2, 0.25) is 5.02 Å². The summed E-state index contributed by atoms with van der Waals surface area (Å²) < 4.78 is 0. The molecule has 90 valence electrons. The zero-order valence-electron chi connectivity index (χ0n) is 10.3. The Kier molecular flexibility index (Phi) is 5.81. The lowest BCUT2D eigenvalue weighted by Crippen LogP contribution is -2.36. The number of hydrogen-bond donors (Lipinski definition) is 1. The van der Waals surface area contributed by atoms with Gasteiger partial charge in [-0.1, -0.05) is 23.7 Å². The number of nitrogens with one attached hydrogen (secondary N) is 1. The summed E-state index contributed by atoms with van der Waals surface area (Å²) >= 11 is 5.93. The second kappa shape index (κ2) is 6.89. The van der Waals surface area contributed by atoms with Gasteiger partial charge in [0.05, 0.1) is 0 Å². The molecular formula is C13H21ClN2. The van der Waals surface area contributed by atoms with Crippen molar-refractivity contribution in [3.63, 3.8) is 0 Å². The quantitative estimate of drug-likeness (QED) is 0.822. The molecule has 0 aliphatic carbocycles. The second-order valence-electron chi connectivity index (χ2n) is 4.50. The number of rotatable bonds is 6. The van der Waals surface area contributed by atoms with Crippen LogP contribution in [0.5, 0.6) is 0 Å². The minimum atomic E-state index is 0.522. The minimum Gasteiger partial charge on any atom is -0.313 e. The molecule has 1 N–H and O–H groups in total. The number of halogens is 1. The molecule has 0 amide bonds. The lowest BCUT2D eigenvalue weighted by molar-refractivity contribution is 0.351. The largest absolute Gasteiger partial charge is 0.313 e. The van der Waals surface area contributed by atoms with Gasteiger partial charge in [-0.2, -0.15) is 0 Å². The molecule has 0 bridgehead atoms. The highest BCUT2D eigenvalue weighted by Gasteiger charge is 2.02. The average Bonchev–Trinajstić information content (AvgIpc) is 2.16. The standard InChI is InChI=1S/C13H21ClN2/c1-11(10-16(2)3)15-8-7-12-5-4-6-13(14)9-12/h4-6,9,11,15H,7-8,10H2,1-3H3. The molecule has 2 nitrogen and oxygen atoms in total. The van der Waals surface area contributed by atoms with E-state index in [1.807, 2.05) is 18.2 Å². The highest BCUT2D eigenvalue weighted by atomic mass is 35.5. The van der Waals surface area contributed by atoms with Crippen LogP contribution in [0.4, 0.5) is 0 Å². The Morgan fingerprint density at radius 3 is 2.75 bits per heavy atom. The van der Waals surface area contributed by atoms with Crippen LogP contribution >= 0.6 is 11.6 Å². The third-order valence-corrected chi connectivity index (χ3v) is 2.67. The Morgan fingerprint density at radius 2 is 2.12 bits per heavy atom. The van der Waals surface area contributed by atoms with Gasteiger partial charge in [-0.15, -0.1) is 0 Å². The van der Waals surface area contributed by atoms with E-state index >= 15 is 0 Å². The van der Waals surface area contributed by atoms with Crippen LogP contribution in [0.25, 0.3) is 0 Å². The van der Waals surface area contributed by atoms with E-state index in [1.54, 1.807) is 0 Å². The third kappa shape index (κ3) is 5.50. The summed E-state index contributed by atoms with van der Waals surface area (Å²) in [7, 11) is 4.18. The van der Waals surface area contributed by atoms with Crippen molar-refractivity contribution in [3.8, 4) is 0 Å². The van der Waals surface area contributed by atoms with Gasteiger partial charge in [0.2, 0.25) is 0 Å². The summed E-state index contributed by atoms with van der Waals surface area (Å²) in [5.74, 6) is 0. The molecule has 0 aliphatic rings. The van der Waals surface area contributed by atoms with Crippen molar-refractivity contribution in [2.24, 2.45) is 0 Å². The maximum atomic E-state index is 5.93. The average molecular weight is 241 g/mol. The normalized spacial score (nSPS) is 13.1. The van der Waals surface area contributed by atoms with Gasteiger partial charge in [0.1, 0.15) is 0 Å². The predicted molar refractivity (Wildman–Crippen MR) is 71.2 cm³/mol. The maximum Gasteiger partial charge on any atom is 0.0408 e. The van der Waals surface area contributed by atoms with Crippen LogP contribution < -0.4 is 5.32 Å². The minimum absolute atomic E-state index is 0.522. The summed E-state index contributed by atoms with van der Waals surface area (Å²) in [5.41, 5.74) is 1.29. The van der Waals surface area contributed by atoms with E-state index in [0.717, 1.165) is 24.5 Å². The summed E-state index contributed by atoms with van der Waals surface area (Å²) in [6, 6.07) is 8.58. The Bertz CT molecular complexity index is 313. The summed E-state index contributed by atoms with van der Waals surface area (Å²) in [4.78, 5) is 2.19. The Labute approximate surface area is 104 Å². The number of nitrogens with zero attached hydrogens (tertiary/aromatic N) is 1. The summed E-state index contributed by atoms with van der Waals surface area (Å²) in [6.45, 7) is 4.27. The van der Waals surface area contributed by atoms with Crippen LogP contribution in [0.15, 0.2) is 24.3 Å². The van der Waals surface area contributed by atoms with E-state index in [1.165, 1.54) is 5.56 Å². The van der Waals surface area contributed by atoms with Crippen molar-refractivity contribution in [3.05, 3.63) is 34.9 Å². The molecule has 1 rings (SSSR count). The van der Waals surface area contributed by atoms with Crippen molar-refractivity contribution in [1.29, 1.82) is 0 Å². The highest BCUT2D eigenvalue weighted by molar-refractivity contribution is 6.30. The van der Waals surface area contributed by atoms with Gasteiger partial charge in [0.15, 0.2) is 0 Å². The van der Waals surface area contributed by atoms with E-state index in [9.17, 15) is 0 Å². The molecule has 0 aromatic heterocycles. The monoisotopic (exact) mass is 240 g/mol. The van der Waals surface area contributed by atoms with Crippen molar-refractivity contribution in [2.45, 2.75) is 19.4 Å². The smallest absolute Gasteiger partial charge is 0.0408 e. The molecule has 16 heavy (non-hydrogen) atoms. The zero-order chi connectivity index (χ0) is 12.0. The van der Waals surface area contributed by atoms with Gasteiger partial charge in [0.25, 0.3) is 0 Å². The van der Waals surface area contributed by atoms with E-state index in [4.69, 9.17) is 11.6 Å². The van der Waals surface area contributed by atoms with Gasteiger partial charge in [-0.05, 0) is 51.7 Å².